The first-order valence-electron chi connectivity index (χ1n) is 7.86. The zero-order valence-electron chi connectivity index (χ0n) is 14.7. The van der Waals surface area contributed by atoms with Crippen molar-refractivity contribution in [3.63, 3.8) is 0 Å². The number of rotatable bonds is 6. The molecule has 6 nitrogen and oxygen atoms in total. The molecule has 130 valence electrons. The molecule has 0 bridgehead atoms. The summed E-state index contributed by atoms with van der Waals surface area (Å²) in [5.74, 6) is 2.90. The van der Waals surface area contributed by atoms with Gasteiger partial charge in [0.15, 0.2) is 18.1 Å². The van der Waals surface area contributed by atoms with E-state index in [1.807, 2.05) is 38.1 Å². The van der Waals surface area contributed by atoms with Crippen molar-refractivity contribution < 1.29 is 18.6 Å². The minimum absolute atomic E-state index is 0.214. The minimum atomic E-state index is 0.214. The number of hydrogen-bond acceptors (Lipinski definition) is 6. The molecule has 0 aliphatic carbocycles. The van der Waals surface area contributed by atoms with E-state index < -0.39 is 0 Å². The lowest BCUT2D eigenvalue weighted by molar-refractivity contribution is 0.261. The van der Waals surface area contributed by atoms with Crippen LogP contribution in [0.25, 0.3) is 11.5 Å². The molecule has 1 aromatic heterocycles. The van der Waals surface area contributed by atoms with E-state index in [-0.39, 0.29) is 6.61 Å². The maximum atomic E-state index is 5.84. The Morgan fingerprint density at radius 3 is 2.32 bits per heavy atom. The van der Waals surface area contributed by atoms with Gasteiger partial charge in [-0.05, 0) is 43.2 Å². The fourth-order valence-corrected chi connectivity index (χ4v) is 2.56. The smallest absolute Gasteiger partial charge is 0.254 e. The van der Waals surface area contributed by atoms with Crippen LogP contribution < -0.4 is 14.2 Å². The Bertz CT molecular complexity index is 853. The summed E-state index contributed by atoms with van der Waals surface area (Å²) in [6, 6.07) is 11.4. The van der Waals surface area contributed by atoms with Crippen molar-refractivity contribution >= 4 is 0 Å². The molecule has 0 unspecified atom stereocenters. The molecule has 0 aliphatic rings. The molecule has 0 aliphatic heterocycles. The molecule has 0 amide bonds. The Morgan fingerprint density at radius 2 is 1.64 bits per heavy atom. The first-order chi connectivity index (χ1) is 12.1. The fraction of sp³-hybridized carbons (Fsp3) is 0.263. The minimum Gasteiger partial charge on any atom is -0.493 e. The SMILES string of the molecule is COc1ccc(-c2nnc(COc3c(C)cccc3C)o2)cc1OC. The zero-order valence-corrected chi connectivity index (χ0v) is 14.7. The van der Waals surface area contributed by atoms with Crippen LogP contribution in [0.3, 0.4) is 0 Å². The van der Waals surface area contributed by atoms with Gasteiger partial charge in [-0.3, -0.25) is 0 Å². The van der Waals surface area contributed by atoms with Crippen LogP contribution in [0.4, 0.5) is 0 Å². The van der Waals surface area contributed by atoms with Gasteiger partial charge in [-0.25, -0.2) is 0 Å². The van der Waals surface area contributed by atoms with Crippen molar-refractivity contribution in [1.29, 1.82) is 0 Å². The summed E-state index contributed by atoms with van der Waals surface area (Å²) in [6.45, 7) is 4.22. The summed E-state index contributed by atoms with van der Waals surface area (Å²) in [7, 11) is 3.17. The molecule has 3 rings (SSSR count). The van der Waals surface area contributed by atoms with Crippen LogP contribution in [0, 0.1) is 13.8 Å². The third-order valence-electron chi connectivity index (χ3n) is 3.85. The summed E-state index contributed by atoms with van der Waals surface area (Å²) in [5.41, 5.74) is 2.89. The van der Waals surface area contributed by atoms with Crippen LogP contribution in [0.1, 0.15) is 17.0 Å². The molecule has 25 heavy (non-hydrogen) atoms. The summed E-state index contributed by atoms with van der Waals surface area (Å²) < 4.78 is 22.1. The van der Waals surface area contributed by atoms with Crippen LogP contribution in [0.15, 0.2) is 40.8 Å². The normalized spacial score (nSPS) is 10.6. The van der Waals surface area contributed by atoms with Gasteiger partial charge in [-0.1, -0.05) is 18.2 Å². The monoisotopic (exact) mass is 340 g/mol. The van der Waals surface area contributed by atoms with Crippen LogP contribution in [-0.2, 0) is 6.61 Å². The molecule has 0 saturated carbocycles. The summed E-state index contributed by atoms with van der Waals surface area (Å²) in [6.07, 6.45) is 0. The predicted molar refractivity (Wildman–Crippen MR) is 93.1 cm³/mol. The molecule has 0 saturated heterocycles. The highest BCUT2D eigenvalue weighted by Crippen LogP contribution is 2.32. The average molecular weight is 340 g/mol. The standard InChI is InChI=1S/C19H20N2O4/c1-12-6-5-7-13(2)18(12)24-11-17-20-21-19(25-17)14-8-9-15(22-3)16(10-14)23-4/h5-10H,11H2,1-4H3. The lowest BCUT2D eigenvalue weighted by atomic mass is 10.1. The second-order valence-electron chi connectivity index (χ2n) is 5.58. The molecule has 3 aromatic rings. The van der Waals surface area contributed by atoms with Crippen LogP contribution in [0.2, 0.25) is 0 Å². The fourth-order valence-electron chi connectivity index (χ4n) is 2.56. The van der Waals surface area contributed by atoms with Crippen LogP contribution in [0.5, 0.6) is 17.2 Å². The highest BCUT2D eigenvalue weighted by atomic mass is 16.5. The Labute approximate surface area is 146 Å². The third kappa shape index (κ3) is 3.57. The van der Waals surface area contributed by atoms with E-state index in [1.54, 1.807) is 26.4 Å². The predicted octanol–water partition coefficient (Wildman–Crippen LogP) is 3.95. The number of methoxy groups -OCH3 is 2. The third-order valence-corrected chi connectivity index (χ3v) is 3.85. The highest BCUT2D eigenvalue weighted by Gasteiger charge is 2.13. The van der Waals surface area contributed by atoms with Gasteiger partial charge in [0.25, 0.3) is 5.89 Å². The molecular formula is C19H20N2O4. The van der Waals surface area contributed by atoms with Gasteiger partial charge in [0.05, 0.1) is 14.2 Å². The number of benzene rings is 2. The number of ether oxygens (including phenoxy) is 3. The number of nitrogens with zero attached hydrogens (tertiary/aromatic N) is 2. The first-order valence-corrected chi connectivity index (χ1v) is 7.86. The Morgan fingerprint density at radius 1 is 0.920 bits per heavy atom. The molecule has 0 fully saturated rings. The first kappa shape index (κ1) is 16.8. The molecular weight excluding hydrogens is 320 g/mol. The summed E-state index contributed by atoms with van der Waals surface area (Å²) in [5, 5.41) is 8.13. The molecule has 6 heteroatoms. The number of para-hydroxylation sites is 1. The lowest BCUT2D eigenvalue weighted by Crippen LogP contribution is -1.99. The van der Waals surface area contributed by atoms with Crippen molar-refractivity contribution in [2.24, 2.45) is 0 Å². The van der Waals surface area contributed by atoms with Gasteiger partial charge in [-0.2, -0.15) is 0 Å². The molecule has 0 radical (unpaired) electrons. The number of aryl methyl sites for hydroxylation is 2. The van der Waals surface area contributed by atoms with Gasteiger partial charge in [0, 0.05) is 5.56 Å². The van der Waals surface area contributed by atoms with Crippen LogP contribution in [-0.4, -0.2) is 24.4 Å². The molecule has 0 atom stereocenters. The molecule has 1 heterocycles. The maximum Gasteiger partial charge on any atom is 0.254 e. The van der Waals surface area contributed by atoms with Gasteiger partial charge >= 0.3 is 0 Å². The molecule has 0 spiro atoms. The lowest BCUT2D eigenvalue weighted by Gasteiger charge is -2.09. The van der Waals surface area contributed by atoms with Crippen molar-refractivity contribution in [2.75, 3.05) is 14.2 Å². The molecule has 0 N–H and O–H groups in total. The Hall–Kier alpha value is -3.02. The summed E-state index contributed by atoms with van der Waals surface area (Å²) in [4.78, 5) is 0. The van der Waals surface area contributed by atoms with Gasteiger partial charge in [0.2, 0.25) is 5.89 Å². The van der Waals surface area contributed by atoms with Crippen molar-refractivity contribution in [2.45, 2.75) is 20.5 Å². The van der Waals surface area contributed by atoms with E-state index >= 15 is 0 Å². The van der Waals surface area contributed by atoms with Gasteiger partial charge in [0.1, 0.15) is 5.75 Å². The number of hydrogen-bond donors (Lipinski definition) is 0. The highest BCUT2D eigenvalue weighted by molar-refractivity contribution is 5.59. The van der Waals surface area contributed by atoms with E-state index in [4.69, 9.17) is 18.6 Å². The largest absolute Gasteiger partial charge is 0.493 e. The van der Waals surface area contributed by atoms with Crippen molar-refractivity contribution in [3.8, 4) is 28.7 Å². The topological polar surface area (TPSA) is 66.6 Å². The second-order valence-corrected chi connectivity index (χ2v) is 5.58. The van der Waals surface area contributed by atoms with Crippen molar-refractivity contribution in [1.82, 2.24) is 10.2 Å². The van der Waals surface area contributed by atoms with E-state index in [0.717, 1.165) is 22.4 Å². The number of aromatic nitrogens is 2. The van der Waals surface area contributed by atoms with Gasteiger partial charge < -0.3 is 18.6 Å². The van der Waals surface area contributed by atoms with E-state index in [1.165, 1.54) is 0 Å². The maximum absolute atomic E-state index is 5.84. The quantitative estimate of drug-likeness (QED) is 0.677. The Balaban J connectivity index is 1.77. The van der Waals surface area contributed by atoms with Crippen molar-refractivity contribution in [3.05, 3.63) is 53.4 Å². The van der Waals surface area contributed by atoms with E-state index in [9.17, 15) is 0 Å². The average Bonchev–Trinajstić information content (AvgIpc) is 3.09. The van der Waals surface area contributed by atoms with E-state index in [0.29, 0.717) is 23.3 Å². The summed E-state index contributed by atoms with van der Waals surface area (Å²) >= 11 is 0. The molecule has 2 aromatic carbocycles. The van der Waals surface area contributed by atoms with Crippen LogP contribution >= 0.6 is 0 Å². The zero-order chi connectivity index (χ0) is 17.8. The Kier molecular flexibility index (Phi) is 4.88. The van der Waals surface area contributed by atoms with Gasteiger partial charge in [-0.15, -0.1) is 10.2 Å². The second kappa shape index (κ2) is 7.25. The van der Waals surface area contributed by atoms with E-state index in [2.05, 4.69) is 10.2 Å².